The van der Waals surface area contributed by atoms with Crippen molar-refractivity contribution >= 4 is 5.69 Å². The zero-order valence-corrected chi connectivity index (χ0v) is 8.88. The third-order valence-electron chi connectivity index (χ3n) is 2.33. The largest absolute Gasteiger partial charge is 0.200 e. The van der Waals surface area contributed by atoms with Crippen molar-refractivity contribution in [1.82, 2.24) is 0 Å². The van der Waals surface area contributed by atoms with E-state index in [1.165, 1.54) is 5.69 Å². The molecular weight excluding hydrogens is 184 g/mol. The van der Waals surface area contributed by atoms with Crippen LogP contribution in [0, 0.1) is 0 Å². The topological polar surface area (TPSA) is 7.12 Å². The fraction of sp³-hybridized carbons (Fsp3) is 0.154. The van der Waals surface area contributed by atoms with E-state index < -0.39 is 0 Å². The molecule has 0 bridgehead atoms. The molecule has 1 aromatic carbocycles. The van der Waals surface area contributed by atoms with Crippen LogP contribution >= 0.6 is 0 Å². The summed E-state index contributed by atoms with van der Waals surface area (Å²) < 4.78 is 2.09. The molecule has 76 valence electrons. The van der Waals surface area contributed by atoms with Crippen LogP contribution in [0.3, 0.4) is 0 Å². The Morgan fingerprint density at radius 1 is 0.933 bits per heavy atom. The maximum Gasteiger partial charge on any atom is 0.200 e. The first-order valence-corrected chi connectivity index (χ1v) is 5.21. The van der Waals surface area contributed by atoms with E-state index in [-0.39, 0.29) is 0 Å². The summed E-state index contributed by atoms with van der Waals surface area (Å²) in [5, 5.41) is 2.21. The van der Waals surface area contributed by atoms with Gasteiger partial charge in [0, 0.05) is 12.1 Å². The highest BCUT2D eigenvalue weighted by Gasteiger charge is 2.11. The van der Waals surface area contributed by atoms with Crippen molar-refractivity contribution in [1.29, 1.82) is 0 Å². The smallest absolute Gasteiger partial charge is 0.149 e. The molecule has 0 atom stereocenters. The Bertz CT molecular complexity index is 358. The monoisotopic (exact) mass is 199 g/mol. The Morgan fingerprint density at radius 2 is 1.53 bits per heavy atom. The van der Waals surface area contributed by atoms with E-state index in [2.05, 4.69) is 53.3 Å². The molecule has 0 aliphatic rings. The summed E-state index contributed by atoms with van der Waals surface area (Å²) in [5.74, 6) is 0. The van der Waals surface area contributed by atoms with Gasteiger partial charge in [0.15, 0.2) is 12.4 Å². The number of hydrogen-bond acceptors (Lipinski definition) is 1. The second-order valence-corrected chi connectivity index (χ2v) is 3.31. The van der Waals surface area contributed by atoms with Crippen LogP contribution in [0.5, 0.6) is 0 Å². The van der Waals surface area contributed by atoms with Crippen LogP contribution in [0.15, 0.2) is 60.9 Å². The van der Waals surface area contributed by atoms with E-state index in [1.54, 1.807) is 0 Å². The lowest BCUT2D eigenvalue weighted by molar-refractivity contribution is -0.684. The zero-order chi connectivity index (χ0) is 10.5. The second kappa shape index (κ2) is 4.60. The molecule has 0 saturated carbocycles. The predicted molar refractivity (Wildman–Crippen MR) is 61.5 cm³/mol. The highest BCUT2D eigenvalue weighted by Crippen LogP contribution is 2.09. The van der Waals surface area contributed by atoms with Gasteiger partial charge in [0.05, 0.1) is 12.2 Å². The molecule has 0 amide bonds. The van der Waals surface area contributed by atoms with Crippen LogP contribution in [0.2, 0.25) is 0 Å². The number of para-hydroxylation sites is 1. The van der Waals surface area contributed by atoms with Crippen molar-refractivity contribution in [3.05, 3.63) is 60.9 Å². The quantitative estimate of drug-likeness (QED) is 0.688. The lowest BCUT2D eigenvalue weighted by Crippen LogP contribution is -2.53. The van der Waals surface area contributed by atoms with Gasteiger partial charge in [-0.3, -0.25) is 0 Å². The van der Waals surface area contributed by atoms with Crippen molar-refractivity contribution in [3.63, 3.8) is 0 Å². The first kappa shape index (κ1) is 9.71. The van der Waals surface area contributed by atoms with Crippen LogP contribution in [0.1, 0.15) is 6.92 Å². The third kappa shape index (κ3) is 2.15. The van der Waals surface area contributed by atoms with Crippen LogP contribution in [-0.2, 0) is 0 Å². The number of hydrogen-bond donors (Lipinski definition) is 0. The molecule has 0 aliphatic heterocycles. The summed E-state index contributed by atoms with van der Waals surface area (Å²) in [7, 11) is 0. The van der Waals surface area contributed by atoms with E-state index in [4.69, 9.17) is 0 Å². The van der Waals surface area contributed by atoms with Gasteiger partial charge in [-0.2, -0.15) is 0 Å². The van der Waals surface area contributed by atoms with Gasteiger partial charge in [-0.15, -0.1) is 5.01 Å². The van der Waals surface area contributed by atoms with Gasteiger partial charge in [-0.05, 0) is 19.1 Å². The fourth-order valence-electron chi connectivity index (χ4n) is 1.63. The Labute approximate surface area is 90.4 Å². The average Bonchev–Trinajstić information content (AvgIpc) is 2.33. The summed E-state index contributed by atoms with van der Waals surface area (Å²) in [6.07, 6.45) is 4.10. The molecule has 2 nitrogen and oxygen atoms in total. The van der Waals surface area contributed by atoms with Gasteiger partial charge in [0.2, 0.25) is 0 Å². The van der Waals surface area contributed by atoms with Crippen LogP contribution in [0.25, 0.3) is 0 Å². The van der Waals surface area contributed by atoms with Gasteiger partial charge < -0.3 is 0 Å². The summed E-state index contributed by atoms with van der Waals surface area (Å²) in [6.45, 7) is 3.09. The SMILES string of the molecule is CCN(c1ccccc1)[n+]1ccccc1. The van der Waals surface area contributed by atoms with Gasteiger partial charge in [-0.25, -0.2) is 0 Å². The van der Waals surface area contributed by atoms with Crippen molar-refractivity contribution in [3.8, 4) is 0 Å². The van der Waals surface area contributed by atoms with Crippen molar-refractivity contribution < 1.29 is 4.68 Å². The first-order chi connectivity index (χ1) is 7.42. The van der Waals surface area contributed by atoms with Gasteiger partial charge >= 0.3 is 0 Å². The second-order valence-electron chi connectivity index (χ2n) is 3.31. The lowest BCUT2D eigenvalue weighted by Gasteiger charge is -2.15. The van der Waals surface area contributed by atoms with Crippen LogP contribution in [0.4, 0.5) is 5.69 Å². The molecule has 0 radical (unpaired) electrons. The summed E-state index contributed by atoms with van der Waals surface area (Å²) >= 11 is 0. The fourth-order valence-corrected chi connectivity index (χ4v) is 1.63. The summed E-state index contributed by atoms with van der Waals surface area (Å²) in [4.78, 5) is 0. The number of pyridine rings is 1. The van der Waals surface area contributed by atoms with E-state index >= 15 is 0 Å². The van der Waals surface area contributed by atoms with Crippen molar-refractivity contribution in [2.24, 2.45) is 0 Å². The van der Waals surface area contributed by atoms with Crippen molar-refractivity contribution in [2.75, 3.05) is 11.6 Å². The number of aromatic nitrogens is 1. The van der Waals surface area contributed by atoms with Crippen LogP contribution < -0.4 is 9.69 Å². The molecular formula is C13H15N2+. The molecule has 0 N–H and O–H groups in total. The standard InChI is InChI=1S/C13H15N2/c1-2-15(13-9-5-3-6-10-13)14-11-7-4-8-12-14/h3-12H,2H2,1H3/q+1. The normalized spacial score (nSPS) is 9.93. The molecule has 0 spiro atoms. The summed E-state index contributed by atoms with van der Waals surface area (Å²) in [5.41, 5.74) is 1.20. The lowest BCUT2D eigenvalue weighted by atomic mass is 10.3. The minimum Gasteiger partial charge on any atom is -0.149 e. The number of benzene rings is 1. The van der Waals surface area contributed by atoms with Crippen LogP contribution in [-0.4, -0.2) is 6.54 Å². The average molecular weight is 199 g/mol. The van der Waals surface area contributed by atoms with E-state index in [9.17, 15) is 0 Å². The zero-order valence-electron chi connectivity index (χ0n) is 8.88. The molecule has 2 heteroatoms. The molecule has 1 aromatic heterocycles. The highest BCUT2D eigenvalue weighted by molar-refractivity contribution is 5.42. The number of rotatable bonds is 3. The molecule has 0 unspecified atom stereocenters. The molecule has 2 aromatic rings. The number of anilines is 1. The minimum atomic E-state index is 0.943. The van der Waals surface area contributed by atoms with Gasteiger partial charge in [-0.1, -0.05) is 28.9 Å². The predicted octanol–water partition coefficient (Wildman–Crippen LogP) is 2.26. The Morgan fingerprint density at radius 3 is 2.13 bits per heavy atom. The maximum atomic E-state index is 2.21. The Balaban J connectivity index is 2.34. The molecule has 0 aliphatic carbocycles. The summed E-state index contributed by atoms with van der Waals surface area (Å²) in [6, 6.07) is 16.5. The Kier molecular flexibility index (Phi) is 2.98. The molecule has 15 heavy (non-hydrogen) atoms. The first-order valence-electron chi connectivity index (χ1n) is 5.21. The molecule has 2 rings (SSSR count). The van der Waals surface area contributed by atoms with E-state index in [1.807, 2.05) is 24.3 Å². The maximum absolute atomic E-state index is 2.21. The number of nitrogens with zero attached hydrogens (tertiary/aromatic N) is 2. The van der Waals surface area contributed by atoms with Gasteiger partial charge in [0.25, 0.3) is 0 Å². The van der Waals surface area contributed by atoms with Crippen molar-refractivity contribution in [2.45, 2.75) is 6.92 Å². The molecule has 0 fully saturated rings. The van der Waals surface area contributed by atoms with E-state index in [0.717, 1.165) is 6.54 Å². The Hall–Kier alpha value is -1.83. The minimum absolute atomic E-state index is 0.943. The van der Waals surface area contributed by atoms with Gasteiger partial charge in [0.1, 0.15) is 0 Å². The molecule has 1 heterocycles. The highest BCUT2D eigenvalue weighted by atomic mass is 15.5. The molecule has 0 saturated heterocycles. The third-order valence-corrected chi connectivity index (χ3v) is 2.33. The van der Waals surface area contributed by atoms with E-state index in [0.29, 0.717) is 0 Å².